The second-order valence-electron chi connectivity index (χ2n) is 4.71. The summed E-state index contributed by atoms with van der Waals surface area (Å²) >= 11 is 0. The highest BCUT2D eigenvalue weighted by Crippen LogP contribution is 2.36. The van der Waals surface area contributed by atoms with E-state index in [0.29, 0.717) is 11.7 Å². The fourth-order valence-corrected chi connectivity index (χ4v) is 2.64. The highest BCUT2D eigenvalue weighted by molar-refractivity contribution is 5.79. The average molecular weight is 216 g/mol. The maximum absolute atomic E-state index is 9.41. The van der Waals surface area contributed by atoms with E-state index in [1.54, 1.807) is 12.1 Å². The Morgan fingerprint density at radius 3 is 2.69 bits per heavy atom. The van der Waals surface area contributed by atoms with Crippen molar-refractivity contribution in [2.24, 2.45) is 0 Å². The molecule has 0 atom stereocenters. The van der Waals surface area contributed by atoms with Crippen LogP contribution in [-0.4, -0.2) is 5.11 Å². The summed E-state index contributed by atoms with van der Waals surface area (Å²) in [5, 5.41) is 10.4. The molecule has 1 aliphatic carbocycles. The molecule has 0 amide bonds. The Kier molecular flexibility index (Phi) is 2.35. The molecule has 2 heteroatoms. The average Bonchev–Trinajstić information content (AvgIpc) is 2.73. The number of furan rings is 1. The van der Waals surface area contributed by atoms with Crippen LogP contribution < -0.4 is 0 Å². The molecule has 0 unspecified atom stereocenters. The molecule has 1 saturated carbocycles. The van der Waals surface area contributed by atoms with Gasteiger partial charge in [0.25, 0.3) is 0 Å². The third-order valence-corrected chi connectivity index (χ3v) is 3.53. The van der Waals surface area contributed by atoms with Crippen molar-refractivity contribution in [1.82, 2.24) is 0 Å². The van der Waals surface area contributed by atoms with E-state index in [1.165, 1.54) is 32.1 Å². The van der Waals surface area contributed by atoms with Gasteiger partial charge in [0.2, 0.25) is 0 Å². The number of benzene rings is 1. The Balaban J connectivity index is 1.97. The molecule has 0 saturated heterocycles. The summed E-state index contributed by atoms with van der Waals surface area (Å²) in [6, 6.07) is 7.38. The van der Waals surface area contributed by atoms with Gasteiger partial charge in [-0.1, -0.05) is 19.3 Å². The lowest BCUT2D eigenvalue weighted by atomic mass is 9.87. The van der Waals surface area contributed by atoms with Crippen LogP contribution in [0.4, 0.5) is 0 Å². The molecular weight excluding hydrogens is 200 g/mol. The molecule has 0 bridgehead atoms. The van der Waals surface area contributed by atoms with Crippen LogP contribution in [-0.2, 0) is 0 Å². The minimum absolute atomic E-state index is 0.309. The van der Waals surface area contributed by atoms with Crippen LogP contribution in [0.25, 0.3) is 11.0 Å². The summed E-state index contributed by atoms with van der Waals surface area (Å²) in [5.41, 5.74) is 0.887. The van der Waals surface area contributed by atoms with E-state index in [9.17, 15) is 5.11 Å². The number of rotatable bonds is 1. The summed E-state index contributed by atoms with van der Waals surface area (Å²) in [6.07, 6.45) is 6.47. The van der Waals surface area contributed by atoms with Gasteiger partial charge in [-0.15, -0.1) is 0 Å². The highest BCUT2D eigenvalue weighted by Gasteiger charge is 2.19. The van der Waals surface area contributed by atoms with Crippen LogP contribution >= 0.6 is 0 Å². The normalized spacial score (nSPS) is 18.0. The summed E-state index contributed by atoms with van der Waals surface area (Å²) in [6.45, 7) is 0. The summed E-state index contributed by atoms with van der Waals surface area (Å²) < 4.78 is 5.85. The highest BCUT2D eigenvalue weighted by atomic mass is 16.3. The van der Waals surface area contributed by atoms with Crippen molar-refractivity contribution in [3.05, 3.63) is 30.0 Å². The molecule has 0 spiro atoms. The van der Waals surface area contributed by atoms with E-state index < -0.39 is 0 Å². The minimum atomic E-state index is 0.309. The Hall–Kier alpha value is -1.44. The monoisotopic (exact) mass is 216 g/mol. The maximum Gasteiger partial charge on any atom is 0.134 e. The van der Waals surface area contributed by atoms with E-state index in [4.69, 9.17) is 4.42 Å². The second-order valence-corrected chi connectivity index (χ2v) is 4.71. The third kappa shape index (κ3) is 1.69. The van der Waals surface area contributed by atoms with Crippen LogP contribution in [0.15, 0.2) is 28.7 Å². The molecule has 84 valence electrons. The summed E-state index contributed by atoms with van der Waals surface area (Å²) in [5.74, 6) is 1.99. The summed E-state index contributed by atoms with van der Waals surface area (Å²) in [4.78, 5) is 0. The quantitative estimate of drug-likeness (QED) is 0.775. The number of aromatic hydroxyl groups is 1. The topological polar surface area (TPSA) is 33.4 Å². The van der Waals surface area contributed by atoms with Gasteiger partial charge in [-0.25, -0.2) is 0 Å². The number of phenolic OH excluding ortho intramolecular Hbond substituents is 1. The predicted octanol–water partition coefficient (Wildman–Crippen LogP) is 4.19. The molecule has 2 nitrogen and oxygen atoms in total. The Morgan fingerprint density at radius 2 is 1.88 bits per heavy atom. The third-order valence-electron chi connectivity index (χ3n) is 3.53. The van der Waals surface area contributed by atoms with Crippen molar-refractivity contribution < 1.29 is 9.52 Å². The van der Waals surface area contributed by atoms with E-state index >= 15 is 0 Å². The molecule has 0 aliphatic heterocycles. The van der Waals surface area contributed by atoms with Gasteiger partial charge in [0, 0.05) is 11.3 Å². The van der Waals surface area contributed by atoms with Crippen molar-refractivity contribution in [2.75, 3.05) is 0 Å². The molecule has 0 radical (unpaired) electrons. The fourth-order valence-electron chi connectivity index (χ4n) is 2.64. The van der Waals surface area contributed by atoms with Crippen molar-refractivity contribution in [1.29, 1.82) is 0 Å². The van der Waals surface area contributed by atoms with Crippen molar-refractivity contribution >= 4 is 11.0 Å². The SMILES string of the molecule is Oc1ccc2oc(C3CCCCC3)cc2c1. The molecule has 1 heterocycles. The number of hydrogen-bond donors (Lipinski definition) is 1. The lowest BCUT2D eigenvalue weighted by molar-refractivity contribution is 0.385. The second kappa shape index (κ2) is 3.85. The number of phenols is 1. The van der Waals surface area contributed by atoms with Gasteiger partial charge >= 0.3 is 0 Å². The Labute approximate surface area is 94.9 Å². The molecular formula is C14H16O2. The lowest BCUT2D eigenvalue weighted by Gasteiger charge is -2.18. The van der Waals surface area contributed by atoms with Gasteiger partial charge in [-0.05, 0) is 37.1 Å². The van der Waals surface area contributed by atoms with Gasteiger partial charge in [0.05, 0.1) is 0 Å². The molecule has 3 rings (SSSR count). The maximum atomic E-state index is 9.41. The van der Waals surface area contributed by atoms with Crippen LogP contribution in [0.2, 0.25) is 0 Å². The zero-order chi connectivity index (χ0) is 11.0. The van der Waals surface area contributed by atoms with Crippen molar-refractivity contribution in [3.8, 4) is 5.75 Å². The molecule has 1 aromatic heterocycles. The molecule has 2 aromatic rings. The minimum Gasteiger partial charge on any atom is -0.508 e. The predicted molar refractivity (Wildman–Crippen MR) is 63.7 cm³/mol. The van der Waals surface area contributed by atoms with E-state index in [0.717, 1.165) is 16.7 Å². The van der Waals surface area contributed by atoms with Gasteiger partial charge in [-0.2, -0.15) is 0 Å². The Bertz CT molecular complexity index is 492. The van der Waals surface area contributed by atoms with Gasteiger partial charge in [0.15, 0.2) is 0 Å². The zero-order valence-electron chi connectivity index (χ0n) is 9.28. The van der Waals surface area contributed by atoms with Crippen LogP contribution in [0.1, 0.15) is 43.8 Å². The van der Waals surface area contributed by atoms with Crippen LogP contribution in [0, 0.1) is 0 Å². The first-order valence-electron chi connectivity index (χ1n) is 6.05. The molecule has 1 N–H and O–H groups in total. The molecule has 1 aromatic carbocycles. The standard InChI is InChI=1S/C14H16O2/c15-12-6-7-13-11(8-12)9-14(16-13)10-4-2-1-3-5-10/h6-10,15H,1-5H2. The smallest absolute Gasteiger partial charge is 0.134 e. The van der Waals surface area contributed by atoms with E-state index in [1.807, 2.05) is 6.07 Å². The van der Waals surface area contributed by atoms with Crippen LogP contribution in [0.5, 0.6) is 5.75 Å². The lowest BCUT2D eigenvalue weighted by Crippen LogP contribution is -2.02. The largest absolute Gasteiger partial charge is 0.508 e. The first-order valence-corrected chi connectivity index (χ1v) is 6.05. The van der Waals surface area contributed by atoms with Crippen molar-refractivity contribution in [3.63, 3.8) is 0 Å². The number of fused-ring (bicyclic) bond motifs is 1. The van der Waals surface area contributed by atoms with Gasteiger partial charge in [0.1, 0.15) is 17.1 Å². The first-order chi connectivity index (χ1) is 7.83. The van der Waals surface area contributed by atoms with Crippen molar-refractivity contribution in [2.45, 2.75) is 38.0 Å². The first kappa shape index (κ1) is 9.76. The van der Waals surface area contributed by atoms with Gasteiger partial charge < -0.3 is 9.52 Å². The fraction of sp³-hybridized carbons (Fsp3) is 0.429. The van der Waals surface area contributed by atoms with E-state index in [-0.39, 0.29) is 0 Å². The number of hydrogen-bond acceptors (Lipinski definition) is 2. The zero-order valence-corrected chi connectivity index (χ0v) is 9.28. The molecule has 1 aliphatic rings. The molecule has 16 heavy (non-hydrogen) atoms. The Morgan fingerprint density at radius 1 is 1.06 bits per heavy atom. The van der Waals surface area contributed by atoms with Crippen LogP contribution in [0.3, 0.4) is 0 Å². The summed E-state index contributed by atoms with van der Waals surface area (Å²) in [7, 11) is 0. The van der Waals surface area contributed by atoms with E-state index in [2.05, 4.69) is 6.07 Å². The van der Waals surface area contributed by atoms with Gasteiger partial charge in [-0.3, -0.25) is 0 Å². The molecule has 1 fully saturated rings.